The second-order valence-electron chi connectivity index (χ2n) is 6.06. The topological polar surface area (TPSA) is 20.2 Å². The molecule has 1 aromatic heterocycles. The number of aliphatic hydroxyl groups is 1. The predicted octanol–water partition coefficient (Wildman–Crippen LogP) is 4.48. The van der Waals surface area contributed by atoms with Crippen LogP contribution in [0.1, 0.15) is 56.4 Å². The lowest BCUT2D eigenvalue weighted by Gasteiger charge is -2.37. The van der Waals surface area contributed by atoms with Crippen LogP contribution in [0.15, 0.2) is 11.4 Å². The van der Waals surface area contributed by atoms with Crippen LogP contribution in [0.4, 0.5) is 0 Å². The van der Waals surface area contributed by atoms with Crippen molar-refractivity contribution in [3.63, 3.8) is 0 Å². The van der Waals surface area contributed by atoms with E-state index in [1.54, 1.807) is 11.3 Å². The fraction of sp³-hybridized carbons (Fsp3) is 0.733. The molecule has 2 rings (SSSR count). The molecule has 96 valence electrons. The van der Waals surface area contributed by atoms with Crippen molar-refractivity contribution in [3.8, 4) is 0 Å². The van der Waals surface area contributed by atoms with Crippen molar-refractivity contribution in [2.75, 3.05) is 0 Å². The maximum Gasteiger partial charge on any atom is 0.0993 e. The van der Waals surface area contributed by atoms with Gasteiger partial charge in [-0.3, -0.25) is 0 Å². The Morgan fingerprint density at radius 1 is 1.53 bits per heavy atom. The standard InChI is InChI=1S/C15H24OS/c1-11(2)9-13-5-4-7-15(16,10-13)14-12(3)6-8-17-14/h6,8,11,13,16H,4-5,7,9-10H2,1-3H3. The van der Waals surface area contributed by atoms with Gasteiger partial charge in [-0.1, -0.05) is 20.3 Å². The zero-order chi connectivity index (χ0) is 12.5. The molecule has 0 aromatic carbocycles. The van der Waals surface area contributed by atoms with Crippen molar-refractivity contribution < 1.29 is 5.11 Å². The maximum atomic E-state index is 10.9. The quantitative estimate of drug-likeness (QED) is 0.841. The van der Waals surface area contributed by atoms with Crippen molar-refractivity contribution in [3.05, 3.63) is 21.9 Å². The van der Waals surface area contributed by atoms with E-state index in [9.17, 15) is 5.11 Å². The van der Waals surface area contributed by atoms with Gasteiger partial charge in [-0.25, -0.2) is 0 Å². The first-order chi connectivity index (χ1) is 8.01. The van der Waals surface area contributed by atoms with E-state index >= 15 is 0 Å². The molecule has 1 heterocycles. The summed E-state index contributed by atoms with van der Waals surface area (Å²) in [6, 6.07) is 2.13. The van der Waals surface area contributed by atoms with E-state index in [0.717, 1.165) is 18.8 Å². The molecule has 1 fully saturated rings. The summed E-state index contributed by atoms with van der Waals surface area (Å²) in [5, 5.41) is 13.0. The van der Waals surface area contributed by atoms with E-state index < -0.39 is 5.60 Å². The summed E-state index contributed by atoms with van der Waals surface area (Å²) in [6.07, 6.45) is 5.64. The van der Waals surface area contributed by atoms with Crippen molar-refractivity contribution in [1.82, 2.24) is 0 Å². The molecule has 0 aliphatic heterocycles. The van der Waals surface area contributed by atoms with Crippen LogP contribution < -0.4 is 0 Å². The molecule has 0 spiro atoms. The summed E-state index contributed by atoms with van der Waals surface area (Å²) in [6.45, 7) is 6.68. The number of hydrogen-bond acceptors (Lipinski definition) is 2. The second kappa shape index (κ2) is 5.11. The smallest absolute Gasteiger partial charge is 0.0993 e. The molecule has 1 nitrogen and oxygen atoms in total. The van der Waals surface area contributed by atoms with Gasteiger partial charge in [0.2, 0.25) is 0 Å². The van der Waals surface area contributed by atoms with E-state index in [2.05, 4.69) is 32.2 Å². The van der Waals surface area contributed by atoms with Crippen LogP contribution in [-0.2, 0) is 5.60 Å². The lowest BCUT2D eigenvalue weighted by molar-refractivity contribution is -0.0217. The predicted molar refractivity (Wildman–Crippen MR) is 74.4 cm³/mol. The first-order valence-electron chi connectivity index (χ1n) is 6.78. The zero-order valence-corrected chi connectivity index (χ0v) is 12.0. The Morgan fingerprint density at radius 2 is 2.29 bits per heavy atom. The van der Waals surface area contributed by atoms with Crippen LogP contribution >= 0.6 is 11.3 Å². The van der Waals surface area contributed by atoms with Crippen molar-refractivity contribution >= 4 is 11.3 Å². The molecule has 0 bridgehead atoms. The molecule has 1 aliphatic rings. The van der Waals surface area contributed by atoms with Gasteiger partial charge in [-0.05, 0) is 61.5 Å². The molecule has 2 unspecified atom stereocenters. The number of hydrogen-bond donors (Lipinski definition) is 1. The first kappa shape index (κ1) is 13.1. The van der Waals surface area contributed by atoms with Crippen molar-refractivity contribution in [2.24, 2.45) is 11.8 Å². The highest BCUT2D eigenvalue weighted by Gasteiger charge is 2.37. The van der Waals surface area contributed by atoms with Crippen LogP contribution in [0.3, 0.4) is 0 Å². The normalized spacial score (nSPS) is 29.8. The van der Waals surface area contributed by atoms with Crippen molar-refractivity contribution in [1.29, 1.82) is 0 Å². The van der Waals surface area contributed by atoms with E-state index in [1.807, 2.05) is 0 Å². The van der Waals surface area contributed by atoms with E-state index in [0.29, 0.717) is 5.92 Å². The minimum Gasteiger partial charge on any atom is -0.384 e. The van der Waals surface area contributed by atoms with Gasteiger partial charge in [0.25, 0.3) is 0 Å². The maximum absolute atomic E-state index is 10.9. The van der Waals surface area contributed by atoms with Crippen LogP contribution in [-0.4, -0.2) is 5.11 Å². The van der Waals surface area contributed by atoms with Crippen molar-refractivity contribution in [2.45, 2.75) is 58.5 Å². The third-order valence-corrected chi connectivity index (χ3v) is 5.13. The molecule has 0 radical (unpaired) electrons. The number of rotatable bonds is 3. The Kier molecular flexibility index (Phi) is 3.94. The van der Waals surface area contributed by atoms with E-state index in [1.165, 1.54) is 29.7 Å². The molecule has 0 saturated heterocycles. The summed E-state index contributed by atoms with van der Waals surface area (Å²) in [7, 11) is 0. The lowest BCUT2D eigenvalue weighted by atomic mass is 9.74. The highest BCUT2D eigenvalue weighted by atomic mass is 32.1. The Balaban J connectivity index is 2.12. The minimum absolute atomic E-state index is 0.532. The average molecular weight is 252 g/mol. The fourth-order valence-corrected chi connectivity index (χ4v) is 4.36. The van der Waals surface area contributed by atoms with Gasteiger partial charge in [0.15, 0.2) is 0 Å². The summed E-state index contributed by atoms with van der Waals surface area (Å²) in [5.41, 5.74) is 0.735. The SMILES string of the molecule is Cc1ccsc1C1(O)CCCC(CC(C)C)C1. The molecule has 1 aliphatic carbocycles. The summed E-state index contributed by atoms with van der Waals surface area (Å²) < 4.78 is 0. The molecule has 2 atom stereocenters. The van der Waals surface area contributed by atoms with Gasteiger partial charge in [0.1, 0.15) is 0 Å². The highest BCUT2D eigenvalue weighted by Crippen LogP contribution is 2.44. The summed E-state index contributed by atoms with van der Waals surface area (Å²) in [5.74, 6) is 1.45. The van der Waals surface area contributed by atoms with Crippen LogP contribution in [0.5, 0.6) is 0 Å². The second-order valence-corrected chi connectivity index (χ2v) is 6.97. The van der Waals surface area contributed by atoms with Gasteiger partial charge in [-0.2, -0.15) is 0 Å². The van der Waals surface area contributed by atoms with Crippen LogP contribution in [0.2, 0.25) is 0 Å². The van der Waals surface area contributed by atoms with Gasteiger partial charge in [0, 0.05) is 4.88 Å². The molecular formula is C15H24OS. The summed E-state index contributed by atoms with van der Waals surface area (Å²) in [4.78, 5) is 1.21. The zero-order valence-electron chi connectivity index (χ0n) is 11.2. The van der Waals surface area contributed by atoms with Gasteiger partial charge in [0.05, 0.1) is 5.60 Å². The molecule has 1 aromatic rings. The first-order valence-corrected chi connectivity index (χ1v) is 7.66. The highest BCUT2D eigenvalue weighted by molar-refractivity contribution is 7.10. The Morgan fingerprint density at radius 3 is 2.88 bits per heavy atom. The van der Waals surface area contributed by atoms with E-state index in [4.69, 9.17) is 0 Å². The third kappa shape index (κ3) is 2.92. The minimum atomic E-state index is -0.532. The largest absolute Gasteiger partial charge is 0.384 e. The van der Waals surface area contributed by atoms with Crippen LogP contribution in [0.25, 0.3) is 0 Å². The Labute approximate surface area is 109 Å². The van der Waals surface area contributed by atoms with E-state index in [-0.39, 0.29) is 0 Å². The molecular weight excluding hydrogens is 228 g/mol. The molecule has 17 heavy (non-hydrogen) atoms. The fourth-order valence-electron chi connectivity index (χ4n) is 3.29. The Bertz CT molecular complexity index is 369. The monoisotopic (exact) mass is 252 g/mol. The molecule has 0 amide bonds. The number of thiophene rings is 1. The van der Waals surface area contributed by atoms with Gasteiger partial charge >= 0.3 is 0 Å². The molecule has 1 N–H and O–H groups in total. The number of aryl methyl sites for hydroxylation is 1. The molecule has 1 saturated carbocycles. The third-order valence-electron chi connectivity index (χ3n) is 3.92. The average Bonchev–Trinajstić information content (AvgIpc) is 2.64. The summed E-state index contributed by atoms with van der Waals surface area (Å²) >= 11 is 1.73. The molecule has 2 heteroatoms. The lowest BCUT2D eigenvalue weighted by Crippen LogP contribution is -2.33. The Hall–Kier alpha value is -0.340. The van der Waals surface area contributed by atoms with Gasteiger partial charge < -0.3 is 5.11 Å². The van der Waals surface area contributed by atoms with Crippen LogP contribution in [0, 0.1) is 18.8 Å². The van der Waals surface area contributed by atoms with Gasteiger partial charge in [-0.15, -0.1) is 11.3 Å².